The van der Waals surface area contributed by atoms with Crippen molar-refractivity contribution >= 4 is 11.9 Å². The molecule has 0 saturated carbocycles. The SMILES string of the molecule is CC(=O)OCCNC(=O)[C@@H](c1ccccc1)N(C)C. The number of ether oxygens (including phenoxy) is 1. The largest absolute Gasteiger partial charge is 0.464 e. The summed E-state index contributed by atoms with van der Waals surface area (Å²) in [5.41, 5.74) is 0.928. The van der Waals surface area contributed by atoms with Crippen LogP contribution in [0.4, 0.5) is 0 Å². The fraction of sp³-hybridized carbons (Fsp3) is 0.429. The van der Waals surface area contributed by atoms with Crippen LogP contribution in [0.25, 0.3) is 0 Å². The van der Waals surface area contributed by atoms with E-state index in [-0.39, 0.29) is 24.5 Å². The van der Waals surface area contributed by atoms with Gasteiger partial charge in [0, 0.05) is 6.92 Å². The van der Waals surface area contributed by atoms with Crippen molar-refractivity contribution in [2.24, 2.45) is 0 Å². The van der Waals surface area contributed by atoms with Crippen LogP contribution in [0, 0.1) is 0 Å². The molecule has 19 heavy (non-hydrogen) atoms. The van der Waals surface area contributed by atoms with Crippen LogP contribution in [0.15, 0.2) is 30.3 Å². The van der Waals surface area contributed by atoms with Crippen LogP contribution in [0.2, 0.25) is 0 Å². The third-order valence-electron chi connectivity index (χ3n) is 2.59. The minimum absolute atomic E-state index is 0.108. The molecule has 1 N–H and O–H groups in total. The summed E-state index contributed by atoms with van der Waals surface area (Å²) in [5, 5.41) is 2.76. The molecule has 1 amide bonds. The van der Waals surface area contributed by atoms with Gasteiger partial charge < -0.3 is 10.1 Å². The number of carbonyl (C=O) groups excluding carboxylic acids is 2. The number of likely N-dealkylation sites (N-methyl/N-ethyl adjacent to an activating group) is 1. The second kappa shape index (κ2) is 7.53. The number of benzene rings is 1. The number of hydrogen-bond acceptors (Lipinski definition) is 4. The molecular weight excluding hydrogens is 244 g/mol. The van der Waals surface area contributed by atoms with Gasteiger partial charge in [-0.15, -0.1) is 0 Å². The van der Waals surface area contributed by atoms with Crippen molar-refractivity contribution in [2.75, 3.05) is 27.2 Å². The van der Waals surface area contributed by atoms with E-state index < -0.39 is 0 Å². The first-order valence-electron chi connectivity index (χ1n) is 6.15. The first kappa shape index (κ1) is 15.2. The van der Waals surface area contributed by atoms with Crippen molar-refractivity contribution in [1.82, 2.24) is 10.2 Å². The van der Waals surface area contributed by atoms with E-state index in [1.54, 1.807) is 0 Å². The van der Waals surface area contributed by atoms with E-state index in [0.717, 1.165) is 5.56 Å². The Morgan fingerprint density at radius 2 is 1.89 bits per heavy atom. The summed E-state index contributed by atoms with van der Waals surface area (Å²) in [6, 6.07) is 9.19. The maximum Gasteiger partial charge on any atom is 0.302 e. The molecule has 0 fully saturated rings. The van der Waals surface area contributed by atoms with Gasteiger partial charge in [-0.05, 0) is 19.7 Å². The zero-order valence-electron chi connectivity index (χ0n) is 11.6. The number of rotatable bonds is 6. The normalized spacial score (nSPS) is 12.0. The lowest BCUT2D eigenvalue weighted by atomic mass is 10.1. The molecule has 0 bridgehead atoms. The van der Waals surface area contributed by atoms with Gasteiger partial charge in [0.25, 0.3) is 0 Å². The quantitative estimate of drug-likeness (QED) is 0.614. The molecule has 0 heterocycles. The van der Waals surface area contributed by atoms with E-state index >= 15 is 0 Å². The van der Waals surface area contributed by atoms with Crippen LogP contribution < -0.4 is 5.32 Å². The predicted molar refractivity (Wildman–Crippen MR) is 72.5 cm³/mol. The summed E-state index contributed by atoms with van der Waals surface area (Å²) in [5.74, 6) is -0.454. The van der Waals surface area contributed by atoms with Gasteiger partial charge >= 0.3 is 5.97 Å². The molecule has 1 aromatic carbocycles. The fourth-order valence-corrected chi connectivity index (χ4v) is 1.79. The number of nitrogens with one attached hydrogen (secondary N) is 1. The van der Waals surface area contributed by atoms with Gasteiger partial charge in [0.05, 0.1) is 6.54 Å². The van der Waals surface area contributed by atoms with Crippen LogP contribution >= 0.6 is 0 Å². The third kappa shape index (κ3) is 5.09. The average molecular weight is 264 g/mol. The Hall–Kier alpha value is -1.88. The van der Waals surface area contributed by atoms with E-state index in [1.165, 1.54) is 6.92 Å². The van der Waals surface area contributed by atoms with Crippen molar-refractivity contribution in [2.45, 2.75) is 13.0 Å². The van der Waals surface area contributed by atoms with Crippen molar-refractivity contribution in [3.8, 4) is 0 Å². The fourth-order valence-electron chi connectivity index (χ4n) is 1.79. The molecule has 0 aliphatic heterocycles. The Bertz CT molecular complexity index is 418. The maximum atomic E-state index is 12.1. The maximum absolute atomic E-state index is 12.1. The first-order chi connectivity index (χ1) is 9.02. The molecule has 0 radical (unpaired) electrons. The minimum Gasteiger partial charge on any atom is -0.464 e. The van der Waals surface area contributed by atoms with Gasteiger partial charge in [0.2, 0.25) is 5.91 Å². The second-order valence-electron chi connectivity index (χ2n) is 4.41. The van der Waals surface area contributed by atoms with Crippen molar-refractivity contribution in [3.05, 3.63) is 35.9 Å². The molecule has 5 heteroatoms. The second-order valence-corrected chi connectivity index (χ2v) is 4.41. The molecule has 0 aliphatic carbocycles. The highest BCUT2D eigenvalue weighted by Crippen LogP contribution is 2.17. The molecule has 0 spiro atoms. The first-order valence-corrected chi connectivity index (χ1v) is 6.15. The average Bonchev–Trinajstić information content (AvgIpc) is 2.35. The molecule has 0 saturated heterocycles. The topological polar surface area (TPSA) is 58.6 Å². The van der Waals surface area contributed by atoms with E-state index in [9.17, 15) is 9.59 Å². The smallest absolute Gasteiger partial charge is 0.302 e. The van der Waals surface area contributed by atoms with E-state index in [4.69, 9.17) is 4.74 Å². The summed E-state index contributed by atoms with van der Waals surface area (Å²) in [4.78, 5) is 24.6. The minimum atomic E-state index is -0.349. The van der Waals surface area contributed by atoms with Gasteiger partial charge in [-0.3, -0.25) is 14.5 Å². The number of amides is 1. The highest BCUT2D eigenvalue weighted by molar-refractivity contribution is 5.83. The van der Waals surface area contributed by atoms with Crippen LogP contribution in [-0.4, -0.2) is 44.0 Å². The van der Waals surface area contributed by atoms with Crippen LogP contribution in [0.5, 0.6) is 0 Å². The Morgan fingerprint density at radius 3 is 2.42 bits per heavy atom. The summed E-state index contributed by atoms with van der Waals surface area (Å²) in [7, 11) is 3.70. The van der Waals surface area contributed by atoms with Gasteiger partial charge in [0.15, 0.2) is 0 Å². The van der Waals surface area contributed by atoms with E-state index in [1.807, 2.05) is 49.3 Å². The summed E-state index contributed by atoms with van der Waals surface area (Å²) in [6.45, 7) is 1.85. The molecule has 0 aromatic heterocycles. The highest BCUT2D eigenvalue weighted by atomic mass is 16.5. The lowest BCUT2D eigenvalue weighted by Gasteiger charge is -2.23. The Labute approximate surface area is 113 Å². The Morgan fingerprint density at radius 1 is 1.26 bits per heavy atom. The number of carbonyl (C=O) groups is 2. The zero-order valence-corrected chi connectivity index (χ0v) is 11.6. The van der Waals surface area contributed by atoms with Crippen LogP contribution in [0.1, 0.15) is 18.5 Å². The summed E-state index contributed by atoms with van der Waals surface area (Å²) < 4.78 is 4.77. The van der Waals surface area contributed by atoms with Crippen LogP contribution in [-0.2, 0) is 14.3 Å². The van der Waals surface area contributed by atoms with Crippen molar-refractivity contribution in [3.63, 3.8) is 0 Å². The molecule has 1 aromatic rings. The van der Waals surface area contributed by atoms with Gasteiger partial charge in [0.1, 0.15) is 12.6 Å². The zero-order chi connectivity index (χ0) is 14.3. The molecule has 104 valence electrons. The van der Waals surface area contributed by atoms with Crippen LogP contribution in [0.3, 0.4) is 0 Å². The lowest BCUT2D eigenvalue weighted by Crippen LogP contribution is -2.38. The summed E-state index contributed by atoms with van der Waals surface area (Å²) >= 11 is 0. The summed E-state index contributed by atoms with van der Waals surface area (Å²) in [6.07, 6.45) is 0. The van der Waals surface area contributed by atoms with Crippen molar-refractivity contribution < 1.29 is 14.3 Å². The molecular formula is C14H20N2O3. The molecule has 1 atom stereocenters. The third-order valence-corrected chi connectivity index (χ3v) is 2.59. The van der Waals surface area contributed by atoms with E-state index in [2.05, 4.69) is 5.32 Å². The number of esters is 1. The predicted octanol–water partition coefficient (Wildman–Crippen LogP) is 0.969. The van der Waals surface area contributed by atoms with E-state index in [0.29, 0.717) is 6.54 Å². The van der Waals surface area contributed by atoms with Crippen molar-refractivity contribution in [1.29, 1.82) is 0 Å². The molecule has 0 aliphatic rings. The molecule has 5 nitrogen and oxygen atoms in total. The molecule has 1 rings (SSSR count). The lowest BCUT2D eigenvalue weighted by molar-refractivity contribution is -0.141. The van der Waals surface area contributed by atoms with Gasteiger partial charge in [-0.2, -0.15) is 0 Å². The highest BCUT2D eigenvalue weighted by Gasteiger charge is 2.22. The van der Waals surface area contributed by atoms with Gasteiger partial charge in [-0.1, -0.05) is 30.3 Å². The Kier molecular flexibility index (Phi) is 6.02. The number of nitrogens with zero attached hydrogens (tertiary/aromatic N) is 1. The Balaban J connectivity index is 2.57. The van der Waals surface area contributed by atoms with Gasteiger partial charge in [-0.25, -0.2) is 0 Å². The monoisotopic (exact) mass is 264 g/mol. The standard InChI is InChI=1S/C14H20N2O3/c1-11(17)19-10-9-15-14(18)13(16(2)3)12-7-5-4-6-8-12/h4-8,13H,9-10H2,1-3H3,(H,15,18)/t13-/m1/s1. The molecule has 0 unspecified atom stereocenters. The number of hydrogen-bond donors (Lipinski definition) is 1.